The molecule has 1 amide bonds. The van der Waals surface area contributed by atoms with Crippen molar-refractivity contribution in [1.29, 1.82) is 0 Å². The van der Waals surface area contributed by atoms with E-state index >= 15 is 0 Å². The van der Waals surface area contributed by atoms with Crippen LogP contribution in [0.25, 0.3) is 11.1 Å². The number of tetrazole rings is 1. The number of hydrogen-bond donors (Lipinski definition) is 2. The summed E-state index contributed by atoms with van der Waals surface area (Å²) in [5.41, 5.74) is 0.921. The fourth-order valence-corrected chi connectivity index (χ4v) is 3.40. The number of anilines is 1. The van der Waals surface area contributed by atoms with Crippen molar-refractivity contribution in [3.05, 3.63) is 51.1 Å². The molecule has 0 aliphatic carbocycles. The third-order valence-electron chi connectivity index (χ3n) is 3.60. The number of ether oxygens (including phenoxy) is 1. The number of carbonyl (C=O) groups excluding carboxylic acids is 2. The molecule has 3 aromatic rings. The second-order valence-corrected chi connectivity index (χ2v) is 6.31. The summed E-state index contributed by atoms with van der Waals surface area (Å²) >= 11 is 1.11. The van der Waals surface area contributed by atoms with Crippen LogP contribution in [0, 0.1) is 10.1 Å². The number of aromatic amines is 1. The van der Waals surface area contributed by atoms with Crippen molar-refractivity contribution < 1.29 is 19.2 Å². The van der Waals surface area contributed by atoms with Crippen molar-refractivity contribution in [3.8, 4) is 11.1 Å². The third kappa shape index (κ3) is 4.17. The molecule has 0 unspecified atom stereocenters. The fraction of sp³-hybridized carbons (Fsp3) is 0.188. The van der Waals surface area contributed by atoms with E-state index in [9.17, 15) is 19.7 Å². The van der Waals surface area contributed by atoms with E-state index in [2.05, 4.69) is 25.9 Å². The van der Waals surface area contributed by atoms with Crippen molar-refractivity contribution in [2.24, 2.45) is 0 Å². The summed E-state index contributed by atoms with van der Waals surface area (Å²) in [6, 6.07) is 5.88. The van der Waals surface area contributed by atoms with Gasteiger partial charge in [0, 0.05) is 23.1 Å². The normalized spacial score (nSPS) is 10.5. The maximum absolute atomic E-state index is 12.5. The lowest BCUT2D eigenvalue weighted by molar-refractivity contribution is -0.384. The summed E-state index contributed by atoms with van der Waals surface area (Å²) in [6.07, 6.45) is -0.136. The summed E-state index contributed by atoms with van der Waals surface area (Å²) in [7, 11) is 0. The number of carbonyl (C=O) groups is 2. The van der Waals surface area contributed by atoms with Crippen LogP contribution in [0.3, 0.4) is 0 Å². The number of esters is 1. The van der Waals surface area contributed by atoms with Gasteiger partial charge in [0.25, 0.3) is 5.69 Å². The Morgan fingerprint density at radius 1 is 1.39 bits per heavy atom. The molecule has 0 saturated carbocycles. The van der Waals surface area contributed by atoms with Gasteiger partial charge in [-0.3, -0.25) is 14.9 Å². The highest BCUT2D eigenvalue weighted by Gasteiger charge is 2.24. The molecule has 2 aromatic heterocycles. The Morgan fingerprint density at radius 2 is 2.21 bits per heavy atom. The lowest BCUT2D eigenvalue weighted by atomic mass is 10.0. The van der Waals surface area contributed by atoms with E-state index < -0.39 is 16.8 Å². The van der Waals surface area contributed by atoms with Gasteiger partial charge in [-0.05, 0) is 12.5 Å². The lowest BCUT2D eigenvalue weighted by Crippen LogP contribution is -2.17. The van der Waals surface area contributed by atoms with E-state index in [-0.39, 0.29) is 35.1 Å². The van der Waals surface area contributed by atoms with Crippen molar-refractivity contribution in [2.45, 2.75) is 13.3 Å². The molecule has 0 aliphatic heterocycles. The summed E-state index contributed by atoms with van der Waals surface area (Å²) in [5, 5.41) is 28.6. The van der Waals surface area contributed by atoms with Gasteiger partial charge >= 0.3 is 5.97 Å². The molecule has 0 fully saturated rings. The summed E-state index contributed by atoms with van der Waals surface area (Å²) in [5.74, 6) is -0.884. The predicted octanol–water partition coefficient (Wildman–Crippen LogP) is 2.19. The number of aromatic nitrogens is 4. The number of nitro groups is 1. The second kappa shape index (κ2) is 8.35. The zero-order valence-corrected chi connectivity index (χ0v) is 15.4. The van der Waals surface area contributed by atoms with Gasteiger partial charge in [0.1, 0.15) is 10.6 Å². The number of nitrogens with zero attached hydrogens (tertiary/aromatic N) is 4. The summed E-state index contributed by atoms with van der Waals surface area (Å²) < 4.78 is 5.10. The molecule has 28 heavy (non-hydrogen) atoms. The van der Waals surface area contributed by atoms with Crippen molar-refractivity contribution in [2.75, 3.05) is 11.9 Å². The monoisotopic (exact) mass is 402 g/mol. The lowest BCUT2D eigenvalue weighted by Gasteiger charge is -2.08. The quantitative estimate of drug-likeness (QED) is 0.346. The minimum atomic E-state index is -0.639. The molecule has 12 heteroatoms. The van der Waals surface area contributed by atoms with Gasteiger partial charge in [-0.15, -0.1) is 21.5 Å². The molecule has 0 radical (unpaired) electrons. The number of hydrogen-bond acceptors (Lipinski definition) is 9. The second-order valence-electron chi connectivity index (χ2n) is 5.43. The van der Waals surface area contributed by atoms with E-state index in [0.717, 1.165) is 11.3 Å². The molecule has 0 bridgehead atoms. The maximum atomic E-state index is 12.5. The number of nitro benzene ring substituents is 1. The van der Waals surface area contributed by atoms with E-state index in [1.165, 1.54) is 18.2 Å². The number of non-ortho nitro benzene ring substituents is 1. The number of H-pyrrole nitrogens is 1. The number of amides is 1. The van der Waals surface area contributed by atoms with Gasteiger partial charge in [-0.25, -0.2) is 4.79 Å². The molecule has 144 valence electrons. The molecular weight excluding hydrogens is 388 g/mol. The van der Waals surface area contributed by atoms with Gasteiger partial charge in [0.05, 0.1) is 18.0 Å². The SMILES string of the molecule is CCOC(=O)c1c(-c2cccc([N+](=O)[O-])c2)csc1NC(=O)Cc1nn[nH]n1. The zero-order chi connectivity index (χ0) is 20.1. The van der Waals surface area contributed by atoms with Crippen LogP contribution in [0.5, 0.6) is 0 Å². The minimum absolute atomic E-state index is 0.110. The van der Waals surface area contributed by atoms with E-state index in [1.807, 2.05) is 0 Å². The van der Waals surface area contributed by atoms with E-state index in [0.29, 0.717) is 11.1 Å². The first-order valence-electron chi connectivity index (χ1n) is 8.05. The number of thiophene rings is 1. The van der Waals surface area contributed by atoms with Crippen molar-refractivity contribution >= 4 is 33.9 Å². The number of benzene rings is 1. The van der Waals surface area contributed by atoms with Gasteiger partial charge in [0.2, 0.25) is 5.91 Å². The topological polar surface area (TPSA) is 153 Å². The molecule has 0 aliphatic rings. The predicted molar refractivity (Wildman–Crippen MR) is 98.9 cm³/mol. The van der Waals surface area contributed by atoms with Crippen LogP contribution in [0.1, 0.15) is 23.1 Å². The Bertz CT molecular complexity index is 1020. The summed E-state index contributed by atoms with van der Waals surface area (Å²) in [4.78, 5) is 35.3. The van der Waals surface area contributed by atoms with Gasteiger partial charge < -0.3 is 10.1 Å². The Morgan fingerprint density at radius 3 is 2.89 bits per heavy atom. The average molecular weight is 402 g/mol. The van der Waals surface area contributed by atoms with Crippen LogP contribution in [-0.2, 0) is 16.0 Å². The molecule has 11 nitrogen and oxygen atoms in total. The smallest absolute Gasteiger partial charge is 0.341 e. The van der Waals surface area contributed by atoms with E-state index in [4.69, 9.17) is 4.74 Å². The van der Waals surface area contributed by atoms with Crippen molar-refractivity contribution in [1.82, 2.24) is 20.6 Å². The minimum Gasteiger partial charge on any atom is -0.462 e. The van der Waals surface area contributed by atoms with E-state index in [1.54, 1.807) is 18.4 Å². The first-order valence-corrected chi connectivity index (χ1v) is 8.93. The molecule has 2 N–H and O–H groups in total. The van der Waals surface area contributed by atoms with Gasteiger partial charge in [-0.1, -0.05) is 17.3 Å². The third-order valence-corrected chi connectivity index (χ3v) is 4.49. The molecule has 3 rings (SSSR count). The van der Waals surface area contributed by atoms with Crippen LogP contribution < -0.4 is 5.32 Å². The van der Waals surface area contributed by atoms with Crippen LogP contribution in [0.15, 0.2) is 29.6 Å². The highest BCUT2D eigenvalue weighted by atomic mass is 32.1. The van der Waals surface area contributed by atoms with Crippen LogP contribution >= 0.6 is 11.3 Å². The molecule has 1 aromatic carbocycles. The first-order chi connectivity index (χ1) is 13.5. The van der Waals surface area contributed by atoms with Crippen molar-refractivity contribution in [3.63, 3.8) is 0 Å². The van der Waals surface area contributed by atoms with Crippen LogP contribution in [0.2, 0.25) is 0 Å². The Labute approximate surface area is 161 Å². The van der Waals surface area contributed by atoms with Gasteiger partial charge in [0.15, 0.2) is 5.82 Å². The number of nitrogens with one attached hydrogen (secondary N) is 2. The average Bonchev–Trinajstić information content (AvgIpc) is 3.32. The zero-order valence-electron chi connectivity index (χ0n) is 14.5. The van der Waals surface area contributed by atoms with Crippen LogP contribution in [-0.4, -0.2) is 44.0 Å². The fourth-order valence-electron chi connectivity index (χ4n) is 2.43. The molecular formula is C16H14N6O5S. The highest BCUT2D eigenvalue weighted by molar-refractivity contribution is 7.15. The Balaban J connectivity index is 1.95. The Kier molecular flexibility index (Phi) is 5.69. The number of rotatable bonds is 7. The first kappa shape index (κ1) is 19.1. The van der Waals surface area contributed by atoms with Crippen LogP contribution in [0.4, 0.5) is 10.7 Å². The largest absolute Gasteiger partial charge is 0.462 e. The summed E-state index contributed by atoms with van der Waals surface area (Å²) in [6.45, 7) is 1.80. The molecule has 0 saturated heterocycles. The highest BCUT2D eigenvalue weighted by Crippen LogP contribution is 2.37. The standard InChI is InChI=1S/C16H14N6O5S/c1-2-27-16(24)14-11(9-4-3-5-10(6-9)22(25)26)8-28-15(14)17-13(23)7-12-18-20-21-19-12/h3-6,8H,2,7H2,1H3,(H,17,23)(H,18,19,20,21). The maximum Gasteiger partial charge on any atom is 0.341 e. The molecule has 2 heterocycles. The Hall–Kier alpha value is -3.67. The van der Waals surface area contributed by atoms with Gasteiger partial charge in [-0.2, -0.15) is 5.21 Å². The molecule has 0 spiro atoms. The molecule has 0 atom stereocenters.